The molecule has 2 atom stereocenters. The van der Waals surface area contributed by atoms with E-state index < -0.39 is 0 Å². The molecule has 0 aromatic carbocycles. The Kier molecular flexibility index (Phi) is 4.86. The lowest BCUT2D eigenvalue weighted by Crippen LogP contribution is -2.41. The highest BCUT2D eigenvalue weighted by molar-refractivity contribution is 5.22. The van der Waals surface area contributed by atoms with Gasteiger partial charge in [-0.15, -0.1) is 0 Å². The van der Waals surface area contributed by atoms with Crippen molar-refractivity contribution < 1.29 is 9.47 Å². The first kappa shape index (κ1) is 15.5. The van der Waals surface area contributed by atoms with Crippen molar-refractivity contribution in [2.75, 3.05) is 13.2 Å². The Hall–Kier alpha value is -2.43. The summed E-state index contributed by atoms with van der Waals surface area (Å²) >= 11 is 0. The number of aromatic nitrogens is 3. The smallest absolute Gasteiger partial charge is 0.157 e. The number of rotatable bonds is 6. The Morgan fingerprint density at radius 1 is 1.48 bits per heavy atom. The fourth-order valence-electron chi connectivity index (χ4n) is 2.47. The van der Waals surface area contributed by atoms with E-state index in [0.29, 0.717) is 25.5 Å². The van der Waals surface area contributed by atoms with E-state index >= 15 is 0 Å². The van der Waals surface area contributed by atoms with Crippen LogP contribution in [0, 0.1) is 11.3 Å². The highest BCUT2D eigenvalue weighted by atomic mass is 16.5. The van der Waals surface area contributed by atoms with Crippen LogP contribution in [0.1, 0.15) is 18.3 Å². The molecule has 1 saturated heterocycles. The third-order valence-electron chi connectivity index (χ3n) is 3.72. The van der Waals surface area contributed by atoms with Crippen molar-refractivity contribution in [2.45, 2.75) is 32.2 Å². The van der Waals surface area contributed by atoms with E-state index in [1.165, 1.54) is 0 Å². The predicted octanol–water partition coefficient (Wildman–Crippen LogP) is 1.11. The molecule has 2 aromatic rings. The van der Waals surface area contributed by atoms with Crippen molar-refractivity contribution in [1.29, 1.82) is 5.26 Å². The lowest BCUT2D eigenvalue weighted by Gasteiger charge is -2.19. The van der Waals surface area contributed by atoms with Gasteiger partial charge in [0.15, 0.2) is 5.75 Å². The minimum Gasteiger partial charge on any atom is -0.483 e. The van der Waals surface area contributed by atoms with Gasteiger partial charge in [0.25, 0.3) is 0 Å². The van der Waals surface area contributed by atoms with Gasteiger partial charge in [-0.1, -0.05) is 6.07 Å². The Balaban J connectivity index is 1.57. The van der Waals surface area contributed by atoms with Crippen LogP contribution in [0.3, 0.4) is 0 Å². The van der Waals surface area contributed by atoms with Crippen molar-refractivity contribution >= 4 is 0 Å². The number of hydrogen-bond donors (Lipinski definition) is 1. The van der Waals surface area contributed by atoms with E-state index in [1.807, 2.05) is 36.0 Å². The normalized spacial score (nSPS) is 20.3. The molecule has 0 amide bonds. The van der Waals surface area contributed by atoms with E-state index in [1.54, 1.807) is 12.3 Å². The maximum atomic E-state index is 8.89. The highest BCUT2D eigenvalue weighted by Crippen LogP contribution is 2.17. The van der Waals surface area contributed by atoms with Crippen LogP contribution in [0.4, 0.5) is 0 Å². The third-order valence-corrected chi connectivity index (χ3v) is 3.72. The van der Waals surface area contributed by atoms with Gasteiger partial charge in [-0.2, -0.15) is 10.4 Å². The summed E-state index contributed by atoms with van der Waals surface area (Å²) in [6.07, 6.45) is 3.54. The van der Waals surface area contributed by atoms with E-state index in [9.17, 15) is 0 Å². The quantitative estimate of drug-likeness (QED) is 0.860. The maximum absolute atomic E-state index is 8.89. The second-order valence-electron chi connectivity index (χ2n) is 5.34. The number of nitriles is 1. The molecule has 0 aliphatic carbocycles. The van der Waals surface area contributed by atoms with Crippen LogP contribution in [0.15, 0.2) is 30.6 Å². The molecular weight excluding hydrogens is 294 g/mol. The van der Waals surface area contributed by atoms with Crippen LogP contribution in [-0.2, 0) is 17.8 Å². The molecule has 0 spiro atoms. The molecule has 1 aliphatic heterocycles. The molecular formula is C16H19N5O2. The lowest BCUT2D eigenvalue weighted by molar-refractivity contribution is 0.139. The summed E-state index contributed by atoms with van der Waals surface area (Å²) in [5, 5.41) is 16.5. The van der Waals surface area contributed by atoms with Gasteiger partial charge in [0.05, 0.1) is 37.3 Å². The minimum absolute atomic E-state index is 0.0661. The molecule has 0 bridgehead atoms. The van der Waals surface area contributed by atoms with Crippen LogP contribution in [-0.4, -0.2) is 40.1 Å². The second-order valence-corrected chi connectivity index (χ2v) is 5.34. The molecule has 1 aliphatic rings. The molecule has 23 heavy (non-hydrogen) atoms. The Bertz CT molecular complexity index is 694. The zero-order valence-electron chi connectivity index (χ0n) is 13.0. The Morgan fingerprint density at radius 2 is 2.39 bits per heavy atom. The first-order valence-electron chi connectivity index (χ1n) is 7.64. The van der Waals surface area contributed by atoms with Crippen molar-refractivity contribution in [3.8, 4) is 11.8 Å². The number of pyridine rings is 1. The van der Waals surface area contributed by atoms with Gasteiger partial charge in [-0.05, 0) is 19.1 Å². The van der Waals surface area contributed by atoms with Gasteiger partial charge in [-0.3, -0.25) is 4.68 Å². The molecule has 120 valence electrons. The second kappa shape index (κ2) is 7.22. The predicted molar refractivity (Wildman–Crippen MR) is 82.7 cm³/mol. The van der Waals surface area contributed by atoms with Crippen molar-refractivity contribution in [3.05, 3.63) is 42.0 Å². The minimum atomic E-state index is -0.0661. The molecule has 3 rings (SSSR count). The van der Waals surface area contributed by atoms with Crippen LogP contribution < -0.4 is 10.1 Å². The number of aryl methyl sites for hydroxylation is 1. The molecule has 2 aromatic heterocycles. The summed E-state index contributed by atoms with van der Waals surface area (Å²) in [6.45, 7) is 4.54. The SMILES string of the molecule is CCn1cc(O[C@@H]2COC[C@@H]2NCc2cccc(C#N)n2)cn1. The van der Waals surface area contributed by atoms with Crippen molar-refractivity contribution in [1.82, 2.24) is 20.1 Å². The number of nitrogens with zero attached hydrogens (tertiary/aromatic N) is 4. The van der Waals surface area contributed by atoms with E-state index in [0.717, 1.165) is 18.0 Å². The first-order chi connectivity index (χ1) is 11.3. The summed E-state index contributed by atoms with van der Waals surface area (Å²) in [5.74, 6) is 0.749. The fourth-order valence-corrected chi connectivity index (χ4v) is 2.47. The molecule has 7 nitrogen and oxygen atoms in total. The standard InChI is InChI=1S/C16H19N5O2/c1-2-21-9-14(8-19-21)23-16-11-22-10-15(16)18-7-13-5-3-4-12(6-17)20-13/h3-5,8-9,15-16,18H,2,7,10-11H2,1H3/t15-,16+/m0/s1. The van der Waals surface area contributed by atoms with Crippen molar-refractivity contribution in [3.63, 3.8) is 0 Å². The third kappa shape index (κ3) is 3.86. The summed E-state index contributed by atoms with van der Waals surface area (Å²) < 4.78 is 13.3. The van der Waals surface area contributed by atoms with E-state index in [-0.39, 0.29) is 12.1 Å². The molecule has 0 radical (unpaired) electrons. The van der Waals surface area contributed by atoms with Gasteiger partial charge in [-0.25, -0.2) is 4.98 Å². The zero-order chi connectivity index (χ0) is 16.1. The average Bonchev–Trinajstić information content (AvgIpc) is 3.23. The summed E-state index contributed by atoms with van der Waals surface area (Å²) in [5.41, 5.74) is 1.25. The van der Waals surface area contributed by atoms with Gasteiger partial charge in [0.2, 0.25) is 0 Å². The Morgan fingerprint density at radius 3 is 3.17 bits per heavy atom. The number of hydrogen-bond acceptors (Lipinski definition) is 6. The van der Waals surface area contributed by atoms with Crippen LogP contribution in [0.5, 0.6) is 5.75 Å². The van der Waals surface area contributed by atoms with E-state index in [2.05, 4.69) is 15.4 Å². The topological polar surface area (TPSA) is 85.0 Å². The van der Waals surface area contributed by atoms with E-state index in [4.69, 9.17) is 14.7 Å². The van der Waals surface area contributed by atoms with Crippen LogP contribution in [0.2, 0.25) is 0 Å². The molecule has 1 N–H and O–H groups in total. The molecule has 7 heteroatoms. The molecule has 1 fully saturated rings. The van der Waals surface area contributed by atoms with Gasteiger partial charge < -0.3 is 14.8 Å². The first-order valence-corrected chi connectivity index (χ1v) is 7.64. The monoisotopic (exact) mass is 313 g/mol. The zero-order valence-corrected chi connectivity index (χ0v) is 13.0. The van der Waals surface area contributed by atoms with Gasteiger partial charge in [0.1, 0.15) is 17.9 Å². The summed E-state index contributed by atoms with van der Waals surface area (Å²) in [7, 11) is 0. The number of ether oxygens (including phenoxy) is 2. The largest absolute Gasteiger partial charge is 0.483 e. The Labute approximate surface area is 134 Å². The van der Waals surface area contributed by atoms with Crippen molar-refractivity contribution in [2.24, 2.45) is 0 Å². The molecule has 3 heterocycles. The summed E-state index contributed by atoms with van der Waals surface area (Å²) in [6, 6.07) is 7.55. The lowest BCUT2D eigenvalue weighted by atomic mass is 10.2. The summed E-state index contributed by atoms with van der Waals surface area (Å²) in [4.78, 5) is 4.26. The maximum Gasteiger partial charge on any atom is 0.157 e. The van der Waals surface area contributed by atoms with Crippen LogP contribution >= 0.6 is 0 Å². The molecule has 0 saturated carbocycles. The highest BCUT2D eigenvalue weighted by Gasteiger charge is 2.30. The molecule has 0 unspecified atom stereocenters. The number of nitrogens with one attached hydrogen (secondary N) is 1. The van der Waals surface area contributed by atoms with Gasteiger partial charge in [0, 0.05) is 13.1 Å². The van der Waals surface area contributed by atoms with Gasteiger partial charge >= 0.3 is 0 Å². The fraction of sp³-hybridized carbons (Fsp3) is 0.438. The van der Waals surface area contributed by atoms with Crippen LogP contribution in [0.25, 0.3) is 0 Å². The average molecular weight is 313 g/mol.